The quantitative estimate of drug-likeness (QED) is 0.912. The van der Waals surface area contributed by atoms with Gasteiger partial charge in [0.05, 0.1) is 11.6 Å². The molecule has 0 bridgehead atoms. The van der Waals surface area contributed by atoms with Crippen LogP contribution in [0.2, 0.25) is 5.02 Å². The highest BCUT2D eigenvalue weighted by atomic mass is 35.5. The molecule has 4 nitrogen and oxygen atoms in total. The Kier molecular flexibility index (Phi) is 5.02. The van der Waals surface area contributed by atoms with Crippen molar-refractivity contribution in [2.75, 3.05) is 6.54 Å². The topological polar surface area (TPSA) is 64.3 Å². The molecule has 1 aromatic rings. The van der Waals surface area contributed by atoms with Crippen LogP contribution < -0.4 is 0 Å². The molecule has 0 amide bonds. The number of nitriles is 1. The van der Waals surface area contributed by atoms with E-state index in [-0.39, 0.29) is 23.3 Å². The van der Waals surface area contributed by atoms with E-state index >= 15 is 0 Å². The molecule has 1 heterocycles. The number of halogens is 3. The molecule has 1 aromatic carbocycles. The van der Waals surface area contributed by atoms with Gasteiger partial charge in [-0.3, -0.25) is 0 Å². The summed E-state index contributed by atoms with van der Waals surface area (Å²) in [6.45, 7) is 1.57. The molecule has 7 heteroatoms. The Morgan fingerprint density at radius 3 is 2.74 bits per heavy atom. The van der Waals surface area contributed by atoms with Crippen molar-refractivity contribution in [1.82, 2.24) is 4.90 Å². The summed E-state index contributed by atoms with van der Waals surface area (Å²) in [6.07, 6.45) is -0.176. The average Bonchev–Trinajstić information content (AvgIpc) is 2.53. The predicted molar refractivity (Wildman–Crippen MR) is 82.0 cm³/mol. The minimum atomic E-state index is -2.81. The third-order valence-electron chi connectivity index (χ3n) is 3.60. The first-order valence-electron chi connectivity index (χ1n) is 6.74. The van der Waals surface area contributed by atoms with E-state index in [1.807, 2.05) is 6.07 Å². The standard InChI is InChI=1S/C16H13ClF2N2O2/c1-9(16(22)23)21-5-4-12(14(8-21)15(18)19)13-6-11(17)3-2-10(13)7-20/h2-4,6,8-9,15H,5H2,1H3,(H,22,23). The van der Waals surface area contributed by atoms with Gasteiger partial charge in [0, 0.05) is 28.9 Å². The smallest absolute Gasteiger partial charge is 0.326 e. The van der Waals surface area contributed by atoms with Crippen molar-refractivity contribution in [3.63, 3.8) is 0 Å². The highest BCUT2D eigenvalue weighted by molar-refractivity contribution is 6.30. The molecule has 1 atom stereocenters. The number of allylic oxidation sites excluding steroid dienone is 2. The van der Waals surface area contributed by atoms with E-state index in [9.17, 15) is 13.6 Å². The lowest BCUT2D eigenvalue weighted by atomic mass is 9.92. The van der Waals surface area contributed by atoms with Crippen LogP contribution in [-0.2, 0) is 4.79 Å². The molecule has 1 aliphatic heterocycles. The summed E-state index contributed by atoms with van der Waals surface area (Å²) in [5.41, 5.74) is 0.414. The first kappa shape index (κ1) is 17.0. The van der Waals surface area contributed by atoms with E-state index in [1.165, 1.54) is 36.1 Å². The molecular formula is C16H13ClF2N2O2. The molecule has 0 spiro atoms. The van der Waals surface area contributed by atoms with E-state index in [0.29, 0.717) is 10.6 Å². The Bertz CT molecular complexity index is 738. The van der Waals surface area contributed by atoms with Crippen LogP contribution in [0.25, 0.3) is 5.57 Å². The van der Waals surface area contributed by atoms with Gasteiger partial charge in [0.1, 0.15) is 6.04 Å². The zero-order chi connectivity index (χ0) is 17.1. The summed E-state index contributed by atoms with van der Waals surface area (Å²) in [5.74, 6) is -1.10. The second-order valence-corrected chi connectivity index (χ2v) is 5.45. The fourth-order valence-corrected chi connectivity index (χ4v) is 2.48. The van der Waals surface area contributed by atoms with Gasteiger partial charge in [0.15, 0.2) is 0 Å². The fourth-order valence-electron chi connectivity index (χ4n) is 2.30. The molecule has 0 saturated heterocycles. The van der Waals surface area contributed by atoms with E-state index in [2.05, 4.69) is 0 Å². The van der Waals surface area contributed by atoms with Gasteiger partial charge in [0.25, 0.3) is 6.43 Å². The third-order valence-corrected chi connectivity index (χ3v) is 3.84. The van der Waals surface area contributed by atoms with E-state index in [0.717, 1.165) is 6.20 Å². The van der Waals surface area contributed by atoms with Crippen molar-refractivity contribution in [3.8, 4) is 6.07 Å². The lowest BCUT2D eigenvalue weighted by Crippen LogP contribution is -2.37. The molecule has 0 fully saturated rings. The minimum absolute atomic E-state index is 0.149. The number of carboxylic acids is 1. The second kappa shape index (κ2) is 6.80. The van der Waals surface area contributed by atoms with Crippen LogP contribution in [0.5, 0.6) is 0 Å². The summed E-state index contributed by atoms with van der Waals surface area (Å²) in [4.78, 5) is 12.3. The number of rotatable bonds is 4. The maximum absolute atomic E-state index is 13.4. The van der Waals surface area contributed by atoms with Gasteiger partial charge in [-0.25, -0.2) is 13.6 Å². The zero-order valence-electron chi connectivity index (χ0n) is 12.1. The van der Waals surface area contributed by atoms with Crippen LogP contribution in [0.15, 0.2) is 36.0 Å². The molecule has 0 saturated carbocycles. The molecule has 0 radical (unpaired) electrons. The maximum Gasteiger partial charge on any atom is 0.326 e. The number of hydrogen-bond donors (Lipinski definition) is 1. The lowest BCUT2D eigenvalue weighted by Gasteiger charge is -2.29. The van der Waals surface area contributed by atoms with Gasteiger partial charge in [-0.05, 0) is 30.7 Å². The Morgan fingerprint density at radius 1 is 1.48 bits per heavy atom. The Hall–Kier alpha value is -2.39. The Morgan fingerprint density at radius 2 is 2.17 bits per heavy atom. The molecular weight excluding hydrogens is 326 g/mol. The van der Waals surface area contributed by atoms with Crippen molar-refractivity contribution in [2.45, 2.75) is 19.4 Å². The van der Waals surface area contributed by atoms with Crippen LogP contribution in [0.3, 0.4) is 0 Å². The average molecular weight is 339 g/mol. The summed E-state index contributed by atoms with van der Waals surface area (Å²) < 4.78 is 26.9. The largest absolute Gasteiger partial charge is 0.480 e. The van der Waals surface area contributed by atoms with Gasteiger partial charge < -0.3 is 10.0 Å². The van der Waals surface area contributed by atoms with Gasteiger partial charge in [0.2, 0.25) is 0 Å². The maximum atomic E-state index is 13.4. The lowest BCUT2D eigenvalue weighted by molar-refractivity contribution is -0.141. The molecule has 1 aliphatic rings. The number of benzene rings is 1. The molecule has 1 unspecified atom stereocenters. The first-order chi connectivity index (χ1) is 10.8. The number of aliphatic carboxylic acids is 1. The van der Waals surface area contributed by atoms with Crippen LogP contribution in [0.1, 0.15) is 18.1 Å². The first-order valence-corrected chi connectivity index (χ1v) is 7.12. The Labute approximate surface area is 136 Å². The second-order valence-electron chi connectivity index (χ2n) is 5.02. The minimum Gasteiger partial charge on any atom is -0.480 e. The number of carbonyl (C=O) groups is 1. The third kappa shape index (κ3) is 3.51. The van der Waals surface area contributed by atoms with Crippen molar-refractivity contribution in [2.24, 2.45) is 0 Å². The normalized spacial score (nSPS) is 15.7. The van der Waals surface area contributed by atoms with Crippen LogP contribution in [0.4, 0.5) is 8.78 Å². The SMILES string of the molecule is CC(C(=O)O)N1C=C(C(F)F)C(c2cc(Cl)ccc2C#N)=CC1. The van der Waals surface area contributed by atoms with Gasteiger partial charge >= 0.3 is 5.97 Å². The number of alkyl halides is 2. The Balaban J connectivity index is 2.49. The molecule has 2 rings (SSSR count). The zero-order valence-corrected chi connectivity index (χ0v) is 12.9. The summed E-state index contributed by atoms with van der Waals surface area (Å²) in [5, 5.41) is 18.5. The molecule has 120 valence electrons. The summed E-state index contributed by atoms with van der Waals surface area (Å²) in [6, 6.07) is 5.45. The highest BCUT2D eigenvalue weighted by Crippen LogP contribution is 2.34. The van der Waals surface area contributed by atoms with Crippen LogP contribution in [-0.4, -0.2) is 35.0 Å². The van der Waals surface area contributed by atoms with Gasteiger partial charge in [-0.1, -0.05) is 17.7 Å². The number of carboxylic acid groups (broad SMARTS) is 1. The van der Waals surface area contributed by atoms with Gasteiger partial charge in [-0.2, -0.15) is 5.26 Å². The number of hydrogen-bond acceptors (Lipinski definition) is 3. The van der Waals surface area contributed by atoms with Crippen molar-refractivity contribution < 1.29 is 18.7 Å². The van der Waals surface area contributed by atoms with Gasteiger partial charge in [-0.15, -0.1) is 0 Å². The van der Waals surface area contributed by atoms with E-state index in [1.54, 1.807) is 0 Å². The number of nitrogens with zero attached hydrogens (tertiary/aromatic N) is 2. The molecule has 23 heavy (non-hydrogen) atoms. The summed E-state index contributed by atoms with van der Waals surface area (Å²) in [7, 11) is 0. The fraction of sp³-hybridized carbons (Fsp3) is 0.250. The van der Waals surface area contributed by atoms with Crippen molar-refractivity contribution >= 4 is 23.1 Å². The molecule has 1 N–H and O–H groups in total. The molecule has 0 aromatic heterocycles. The van der Waals surface area contributed by atoms with Crippen LogP contribution in [0, 0.1) is 11.3 Å². The summed E-state index contributed by atoms with van der Waals surface area (Å²) >= 11 is 5.91. The van der Waals surface area contributed by atoms with Crippen LogP contribution >= 0.6 is 11.6 Å². The predicted octanol–water partition coefficient (Wildman–Crippen LogP) is 3.53. The monoisotopic (exact) mass is 338 g/mol. The molecule has 0 aliphatic carbocycles. The van der Waals surface area contributed by atoms with E-state index in [4.69, 9.17) is 22.0 Å². The van der Waals surface area contributed by atoms with E-state index < -0.39 is 18.4 Å². The van der Waals surface area contributed by atoms with Crippen molar-refractivity contribution in [3.05, 3.63) is 52.2 Å². The van der Waals surface area contributed by atoms with Crippen molar-refractivity contribution in [1.29, 1.82) is 5.26 Å². The highest BCUT2D eigenvalue weighted by Gasteiger charge is 2.27.